The van der Waals surface area contributed by atoms with Crippen LogP contribution in [-0.2, 0) is 9.53 Å². The lowest BCUT2D eigenvalue weighted by atomic mass is 10.1. The predicted octanol–water partition coefficient (Wildman–Crippen LogP) is 6.94. The fraction of sp³-hybridized carbons (Fsp3) is 0.870. The largest absolute Gasteiger partial charge is 0.385 e. The molecule has 2 N–H and O–H groups in total. The van der Waals surface area contributed by atoms with Crippen molar-refractivity contribution in [2.75, 3.05) is 13.7 Å². The average Bonchev–Trinajstić information content (AvgIpc) is 2.63. The Hall–Kier alpha value is -0.830. The van der Waals surface area contributed by atoms with Gasteiger partial charge in [-0.2, -0.15) is 0 Å². The second-order valence-corrected chi connectivity index (χ2v) is 7.15. The number of hydrogen-bond acceptors (Lipinski definition) is 2. The molecule has 0 rings (SSSR count). The number of allylic oxidation sites excluding steroid dienone is 2. The Labute approximate surface area is 164 Å². The van der Waals surface area contributed by atoms with Crippen molar-refractivity contribution in [2.45, 2.75) is 117 Å². The summed E-state index contributed by atoms with van der Waals surface area (Å²) in [6, 6.07) is 0. The summed E-state index contributed by atoms with van der Waals surface area (Å²) in [6.07, 6.45) is 24.3. The van der Waals surface area contributed by atoms with Gasteiger partial charge < -0.3 is 10.5 Å². The van der Waals surface area contributed by atoms with Gasteiger partial charge in [-0.05, 0) is 38.5 Å². The number of carbonyl (C=O) groups is 1. The van der Waals surface area contributed by atoms with Gasteiger partial charge in [0.25, 0.3) is 0 Å². The number of hydrogen-bond donors (Lipinski definition) is 1. The van der Waals surface area contributed by atoms with Crippen molar-refractivity contribution in [3.8, 4) is 0 Å². The number of unbranched alkanes of at least 4 members (excludes halogenated alkanes) is 12. The zero-order chi connectivity index (χ0) is 19.7. The standard InChI is InChI=1S/C18H35NO.C5H12O/c1-2-3-4-5-6-7-8-9-10-11-12-13-14-15-16-17-18(19)20;1-3-4-5-6-2/h9-10H,2-8,11-17H2,1H3,(H2,19,20);3-5H2,1-2H3/b10-9-;. The fourth-order valence-corrected chi connectivity index (χ4v) is 2.66. The van der Waals surface area contributed by atoms with Crippen LogP contribution in [-0.4, -0.2) is 19.6 Å². The summed E-state index contributed by atoms with van der Waals surface area (Å²) in [7, 11) is 1.73. The maximum Gasteiger partial charge on any atom is 0.217 e. The van der Waals surface area contributed by atoms with Crippen LogP contribution in [0.3, 0.4) is 0 Å². The number of ether oxygens (including phenoxy) is 1. The van der Waals surface area contributed by atoms with E-state index in [-0.39, 0.29) is 5.91 Å². The fourth-order valence-electron chi connectivity index (χ4n) is 2.66. The van der Waals surface area contributed by atoms with Crippen LogP contribution in [0.2, 0.25) is 0 Å². The Morgan fingerprint density at radius 1 is 0.731 bits per heavy atom. The molecule has 156 valence electrons. The SMILES string of the molecule is CCCCCCCC/C=C\CCCCCCCC(N)=O.CCCCOC. The van der Waals surface area contributed by atoms with E-state index >= 15 is 0 Å². The van der Waals surface area contributed by atoms with Crippen molar-refractivity contribution in [3.63, 3.8) is 0 Å². The summed E-state index contributed by atoms with van der Waals surface area (Å²) >= 11 is 0. The van der Waals surface area contributed by atoms with E-state index in [2.05, 4.69) is 26.0 Å². The van der Waals surface area contributed by atoms with Crippen molar-refractivity contribution in [2.24, 2.45) is 5.73 Å². The summed E-state index contributed by atoms with van der Waals surface area (Å²) in [6.45, 7) is 5.33. The third-order valence-corrected chi connectivity index (χ3v) is 4.39. The summed E-state index contributed by atoms with van der Waals surface area (Å²) in [5.41, 5.74) is 5.10. The van der Waals surface area contributed by atoms with E-state index in [0.717, 1.165) is 19.4 Å². The highest BCUT2D eigenvalue weighted by atomic mass is 16.5. The van der Waals surface area contributed by atoms with E-state index in [1.165, 1.54) is 83.5 Å². The molecule has 0 spiro atoms. The molecule has 0 fully saturated rings. The molecule has 1 amide bonds. The minimum absolute atomic E-state index is 0.164. The van der Waals surface area contributed by atoms with E-state index in [1.54, 1.807) is 7.11 Å². The van der Waals surface area contributed by atoms with Crippen LogP contribution in [0, 0.1) is 0 Å². The van der Waals surface area contributed by atoms with Gasteiger partial charge in [0.1, 0.15) is 0 Å². The normalized spacial score (nSPS) is 10.7. The lowest BCUT2D eigenvalue weighted by Gasteiger charge is -1.99. The highest BCUT2D eigenvalue weighted by molar-refractivity contribution is 5.73. The van der Waals surface area contributed by atoms with Crippen LogP contribution in [0.1, 0.15) is 117 Å². The van der Waals surface area contributed by atoms with Crippen molar-refractivity contribution >= 4 is 5.91 Å². The molecule has 0 saturated heterocycles. The maximum atomic E-state index is 10.5. The van der Waals surface area contributed by atoms with Crippen molar-refractivity contribution < 1.29 is 9.53 Å². The number of methoxy groups -OCH3 is 1. The van der Waals surface area contributed by atoms with Crippen LogP contribution >= 0.6 is 0 Å². The number of carbonyl (C=O) groups excluding carboxylic acids is 1. The first-order valence-corrected chi connectivity index (χ1v) is 11.1. The summed E-state index contributed by atoms with van der Waals surface area (Å²) in [4.78, 5) is 10.5. The number of rotatable bonds is 18. The predicted molar refractivity (Wildman–Crippen MR) is 115 cm³/mol. The van der Waals surface area contributed by atoms with Gasteiger partial charge in [0.2, 0.25) is 5.91 Å². The minimum atomic E-state index is -0.164. The summed E-state index contributed by atoms with van der Waals surface area (Å²) in [5.74, 6) is -0.164. The van der Waals surface area contributed by atoms with Crippen molar-refractivity contribution in [3.05, 3.63) is 12.2 Å². The number of nitrogens with two attached hydrogens (primary N) is 1. The van der Waals surface area contributed by atoms with Crippen LogP contribution in [0.5, 0.6) is 0 Å². The Kier molecular flexibility index (Phi) is 27.8. The second kappa shape index (κ2) is 26.4. The molecule has 0 aliphatic carbocycles. The molecular weight excluding hydrogens is 322 g/mol. The molecule has 0 aromatic heterocycles. The molecule has 0 aliphatic rings. The molecule has 0 atom stereocenters. The van der Waals surface area contributed by atoms with E-state index in [4.69, 9.17) is 10.5 Å². The first-order chi connectivity index (χ1) is 12.7. The molecule has 0 aliphatic heterocycles. The smallest absolute Gasteiger partial charge is 0.217 e. The van der Waals surface area contributed by atoms with Crippen LogP contribution in [0.25, 0.3) is 0 Å². The number of amides is 1. The van der Waals surface area contributed by atoms with Gasteiger partial charge in [0, 0.05) is 20.1 Å². The molecule has 0 bridgehead atoms. The first kappa shape index (κ1) is 27.4. The lowest BCUT2D eigenvalue weighted by molar-refractivity contribution is -0.118. The van der Waals surface area contributed by atoms with E-state index in [1.807, 2.05) is 0 Å². The average molecular weight is 370 g/mol. The van der Waals surface area contributed by atoms with Gasteiger partial charge >= 0.3 is 0 Å². The van der Waals surface area contributed by atoms with Gasteiger partial charge in [0.05, 0.1) is 0 Å². The molecule has 0 unspecified atom stereocenters. The highest BCUT2D eigenvalue weighted by Gasteiger charge is 1.94. The maximum absolute atomic E-state index is 10.5. The zero-order valence-electron chi connectivity index (χ0n) is 18.1. The monoisotopic (exact) mass is 369 g/mol. The molecule has 0 aromatic carbocycles. The van der Waals surface area contributed by atoms with Crippen molar-refractivity contribution in [1.29, 1.82) is 0 Å². The highest BCUT2D eigenvalue weighted by Crippen LogP contribution is 2.09. The molecule has 26 heavy (non-hydrogen) atoms. The molecule has 0 saturated carbocycles. The van der Waals surface area contributed by atoms with Gasteiger partial charge in [-0.3, -0.25) is 4.79 Å². The third kappa shape index (κ3) is 31.0. The van der Waals surface area contributed by atoms with Crippen LogP contribution in [0.15, 0.2) is 12.2 Å². The first-order valence-electron chi connectivity index (χ1n) is 11.1. The van der Waals surface area contributed by atoms with E-state index in [0.29, 0.717) is 6.42 Å². The van der Waals surface area contributed by atoms with Gasteiger partial charge in [0.15, 0.2) is 0 Å². The summed E-state index contributed by atoms with van der Waals surface area (Å²) in [5, 5.41) is 0. The molecule has 3 nitrogen and oxygen atoms in total. The zero-order valence-corrected chi connectivity index (χ0v) is 18.1. The van der Waals surface area contributed by atoms with Gasteiger partial charge in [-0.25, -0.2) is 0 Å². The van der Waals surface area contributed by atoms with E-state index < -0.39 is 0 Å². The minimum Gasteiger partial charge on any atom is -0.385 e. The van der Waals surface area contributed by atoms with Gasteiger partial charge in [-0.15, -0.1) is 0 Å². The lowest BCUT2D eigenvalue weighted by Crippen LogP contribution is -2.09. The van der Waals surface area contributed by atoms with Crippen LogP contribution < -0.4 is 5.73 Å². The third-order valence-electron chi connectivity index (χ3n) is 4.39. The number of primary amides is 1. The Morgan fingerprint density at radius 3 is 1.62 bits per heavy atom. The summed E-state index contributed by atoms with van der Waals surface area (Å²) < 4.78 is 4.78. The Balaban J connectivity index is 0. The molecule has 0 radical (unpaired) electrons. The van der Waals surface area contributed by atoms with Crippen LogP contribution in [0.4, 0.5) is 0 Å². The quantitative estimate of drug-likeness (QED) is 0.210. The van der Waals surface area contributed by atoms with Crippen molar-refractivity contribution in [1.82, 2.24) is 0 Å². The van der Waals surface area contributed by atoms with Gasteiger partial charge in [-0.1, -0.05) is 83.8 Å². The Bertz CT molecular complexity index is 286. The second-order valence-electron chi connectivity index (χ2n) is 7.15. The molecule has 0 aromatic rings. The molecule has 3 heteroatoms. The Morgan fingerprint density at radius 2 is 1.19 bits per heavy atom. The topological polar surface area (TPSA) is 52.3 Å². The van der Waals surface area contributed by atoms with E-state index in [9.17, 15) is 4.79 Å². The molecule has 0 heterocycles. The molecular formula is C23H47NO2.